The molecule has 3 aliphatic carbocycles. The van der Waals surface area contributed by atoms with E-state index in [1.165, 1.54) is 70.9 Å². The number of carboxylic acids is 1. The Hall–Kier alpha value is -9.55. The number of nitrogens with one attached hydrogen (secondary N) is 3. The summed E-state index contributed by atoms with van der Waals surface area (Å²) in [5, 5.41) is 19.9. The molecule has 0 aliphatic heterocycles. The Kier molecular flexibility index (Phi) is 21.5. The number of esters is 1. The van der Waals surface area contributed by atoms with Gasteiger partial charge in [0.15, 0.2) is 0 Å². The van der Waals surface area contributed by atoms with Gasteiger partial charge in [-0.25, -0.2) is 24.7 Å². The second-order valence-electron chi connectivity index (χ2n) is 20.0. The number of aromatic carboxylic acids is 1. The van der Waals surface area contributed by atoms with Gasteiger partial charge in [-0.1, -0.05) is 152 Å². The highest BCUT2D eigenvalue weighted by Gasteiger charge is 2.34. The Morgan fingerprint density at radius 1 is 0.542 bits per heavy atom. The lowest BCUT2D eigenvalue weighted by Gasteiger charge is -2.30. The molecule has 16 heteroatoms. The van der Waals surface area contributed by atoms with Gasteiger partial charge < -0.3 is 34.5 Å². The number of alkyl carbamates (subject to hydrolysis) is 1. The van der Waals surface area contributed by atoms with Crippen molar-refractivity contribution < 1.29 is 62.8 Å². The molecule has 7 aromatic carbocycles. The van der Waals surface area contributed by atoms with Crippen LogP contribution in [0.15, 0.2) is 170 Å². The fourth-order valence-electron chi connectivity index (χ4n) is 10.1. The molecule has 0 saturated heterocycles. The van der Waals surface area contributed by atoms with Crippen molar-refractivity contribution in [2.75, 3.05) is 40.6 Å². The number of hydrogen-bond donors (Lipinski definition) is 5. The zero-order valence-corrected chi connectivity index (χ0v) is 46.8. The van der Waals surface area contributed by atoms with Gasteiger partial charge in [0.1, 0.15) is 32.5 Å². The summed E-state index contributed by atoms with van der Waals surface area (Å²) in [6, 6.07) is 54.2. The summed E-state index contributed by atoms with van der Waals surface area (Å²) < 4.78 is 21.7. The van der Waals surface area contributed by atoms with Crippen LogP contribution in [-0.2, 0) is 38.2 Å². The average Bonchev–Trinajstić information content (AvgIpc) is 4.20. The van der Waals surface area contributed by atoms with Crippen LogP contribution in [0.25, 0.3) is 33.4 Å². The summed E-state index contributed by atoms with van der Waals surface area (Å²) >= 11 is 0. The average molecular weight is 1120 g/mol. The van der Waals surface area contributed by atoms with E-state index in [2.05, 4.69) is 112 Å². The molecule has 1 unspecified atom stereocenters. The summed E-state index contributed by atoms with van der Waals surface area (Å²) in [5.74, 6) is 5.32. The molecule has 10 rings (SSSR count). The van der Waals surface area contributed by atoms with Crippen LogP contribution in [0, 0.1) is 24.2 Å². The smallest absolute Gasteiger partial charge is 0.431 e. The maximum absolute atomic E-state index is 12.6. The van der Waals surface area contributed by atoms with Gasteiger partial charge in [0.25, 0.3) is 5.91 Å². The lowest BCUT2D eigenvalue weighted by molar-refractivity contribution is -0.147. The van der Waals surface area contributed by atoms with Gasteiger partial charge in [0.05, 0.1) is 31.5 Å². The SMILES string of the molecule is C#CC#Cc1ccc(C(=O)O)cc1.CONC(=O)C(NC(=O)OCC1c2ccccc2-c2ccccc21)[C@@H](C)OC(C)(C)C.CONC(=O)OCC1c2ccccc2-c2ccccc21.O=C(CO)OCC1c2ccccc2-c2ccccc21. The van der Waals surface area contributed by atoms with Crippen LogP contribution in [0.2, 0.25) is 0 Å². The van der Waals surface area contributed by atoms with Gasteiger partial charge in [0.2, 0.25) is 0 Å². The third-order valence-corrected chi connectivity index (χ3v) is 13.6. The molecule has 16 nitrogen and oxygen atoms in total. The van der Waals surface area contributed by atoms with Crippen LogP contribution < -0.4 is 16.3 Å². The van der Waals surface area contributed by atoms with E-state index in [0.29, 0.717) is 12.2 Å². The Morgan fingerprint density at radius 3 is 1.24 bits per heavy atom. The number of rotatable bonds is 14. The van der Waals surface area contributed by atoms with Crippen molar-refractivity contribution in [1.82, 2.24) is 16.3 Å². The van der Waals surface area contributed by atoms with Crippen molar-refractivity contribution in [3.63, 3.8) is 0 Å². The van der Waals surface area contributed by atoms with Crippen LogP contribution in [0.4, 0.5) is 9.59 Å². The molecule has 0 fully saturated rings. The number of amides is 3. The van der Waals surface area contributed by atoms with Crippen LogP contribution >= 0.6 is 0 Å². The van der Waals surface area contributed by atoms with Gasteiger partial charge in [-0.05, 0) is 131 Å². The molecule has 5 N–H and O–H groups in total. The minimum absolute atomic E-state index is 0.0582. The van der Waals surface area contributed by atoms with Crippen LogP contribution in [0.3, 0.4) is 0 Å². The number of carbonyl (C=O) groups is 5. The molecule has 0 bridgehead atoms. The van der Waals surface area contributed by atoms with Crippen LogP contribution in [-0.4, -0.2) is 98.6 Å². The fraction of sp³-hybridized carbons (Fsp3) is 0.239. The Bertz CT molecular complexity index is 3380. The van der Waals surface area contributed by atoms with Crippen molar-refractivity contribution in [3.05, 3.63) is 214 Å². The maximum Gasteiger partial charge on any atom is 0.431 e. The number of aliphatic hydroxyl groups excluding tert-OH is 1. The molecule has 2 atom stereocenters. The van der Waals surface area contributed by atoms with Crippen molar-refractivity contribution >= 4 is 30.0 Å². The van der Waals surface area contributed by atoms with Crippen molar-refractivity contribution in [2.45, 2.75) is 63.2 Å². The van der Waals surface area contributed by atoms with E-state index < -0.39 is 54.4 Å². The first-order chi connectivity index (χ1) is 40.1. The highest BCUT2D eigenvalue weighted by atomic mass is 16.7. The number of fused-ring (bicyclic) bond motifs is 9. The summed E-state index contributed by atoms with van der Waals surface area (Å²) in [6.45, 7) is 7.50. The molecule has 0 radical (unpaired) electrons. The third-order valence-electron chi connectivity index (χ3n) is 13.6. The number of hydroxylamine groups is 2. The van der Waals surface area contributed by atoms with Gasteiger partial charge in [0, 0.05) is 23.3 Å². The minimum Gasteiger partial charge on any atom is -0.478 e. The number of benzene rings is 7. The summed E-state index contributed by atoms with van der Waals surface area (Å²) in [4.78, 5) is 67.2. The van der Waals surface area contributed by atoms with Gasteiger partial charge in [-0.15, -0.1) is 6.42 Å². The lowest BCUT2D eigenvalue weighted by Crippen LogP contribution is -2.54. The normalized spacial score (nSPS) is 12.8. The molecule has 0 spiro atoms. The quantitative estimate of drug-likeness (QED) is 0.0297. The van der Waals surface area contributed by atoms with Crippen LogP contribution in [0.1, 0.15) is 94.8 Å². The highest BCUT2D eigenvalue weighted by Crippen LogP contribution is 2.47. The number of terminal acetylenes is 1. The molecule has 426 valence electrons. The number of aliphatic hydroxyl groups is 1. The standard InChI is InChI=1S/C24H30N2O5.C16H15NO3.C16H14O3.C11H6O2/c1-15(31-24(2,3)4)21(22(27)26-29-5)25-23(28)30-14-20-18-12-8-6-10-16(18)17-11-7-9-13-19(17)20;1-19-17-16(18)20-10-15-13-8-4-2-6-11(13)12-7-3-5-9-14(12)15;17-9-16(18)19-10-15-13-7-3-1-5-11(13)12-6-2-4-8-14(12)15;1-2-3-4-9-5-7-10(8-6-9)11(12)13/h6-13,15,20-21H,14H2,1-5H3,(H,25,28)(H,26,27);2-9,15H,10H2,1H3,(H,17,18);1-8,15,17H,9-10H2;1,5-8H,(H,12,13)/t15-,21?;;;/m1.../s1. The highest BCUT2D eigenvalue weighted by molar-refractivity contribution is 5.88. The van der Waals surface area contributed by atoms with Gasteiger partial charge >= 0.3 is 24.1 Å². The van der Waals surface area contributed by atoms with E-state index in [1.807, 2.05) is 93.6 Å². The van der Waals surface area contributed by atoms with E-state index in [4.69, 9.17) is 40.4 Å². The Labute approximate surface area is 483 Å². The van der Waals surface area contributed by atoms with Crippen molar-refractivity contribution in [3.8, 4) is 57.6 Å². The molecule has 7 aromatic rings. The number of ether oxygens (including phenoxy) is 4. The maximum atomic E-state index is 12.6. The largest absolute Gasteiger partial charge is 0.478 e. The van der Waals surface area contributed by atoms with Crippen LogP contribution in [0.5, 0.6) is 0 Å². The Balaban J connectivity index is 0.000000167. The van der Waals surface area contributed by atoms with E-state index >= 15 is 0 Å². The summed E-state index contributed by atoms with van der Waals surface area (Å²) in [5.41, 5.74) is 19.0. The third kappa shape index (κ3) is 15.9. The lowest BCUT2D eigenvalue weighted by atomic mass is 9.98. The monoisotopic (exact) mass is 1120 g/mol. The first-order valence-corrected chi connectivity index (χ1v) is 26.6. The fourth-order valence-corrected chi connectivity index (χ4v) is 10.1. The number of carbonyl (C=O) groups excluding carboxylic acids is 4. The van der Waals surface area contributed by atoms with E-state index in [0.717, 1.165) is 22.3 Å². The summed E-state index contributed by atoms with van der Waals surface area (Å²) in [7, 11) is 2.71. The molecular weight excluding hydrogens is 1050 g/mol. The van der Waals surface area contributed by atoms with Crippen molar-refractivity contribution in [2.24, 2.45) is 0 Å². The van der Waals surface area contributed by atoms with Gasteiger partial charge in [-0.3, -0.25) is 14.5 Å². The zero-order valence-electron chi connectivity index (χ0n) is 46.8. The Morgan fingerprint density at radius 2 is 0.904 bits per heavy atom. The second kappa shape index (κ2) is 29.2. The number of hydrogen-bond acceptors (Lipinski definition) is 12. The molecular formula is C67H65N3O13. The second-order valence-corrected chi connectivity index (χ2v) is 20.0. The molecule has 0 saturated carbocycles. The topological polar surface area (TPSA) is 217 Å². The van der Waals surface area contributed by atoms with E-state index in [1.54, 1.807) is 19.1 Å². The minimum atomic E-state index is -0.977. The molecule has 0 aromatic heterocycles. The molecule has 3 amide bonds. The predicted octanol–water partition coefficient (Wildman–Crippen LogP) is 10.6. The first-order valence-electron chi connectivity index (χ1n) is 26.6. The van der Waals surface area contributed by atoms with E-state index in [9.17, 15) is 24.0 Å². The first kappa shape index (κ1) is 61.1. The molecule has 3 aliphatic rings. The predicted molar refractivity (Wildman–Crippen MR) is 314 cm³/mol. The summed E-state index contributed by atoms with van der Waals surface area (Å²) in [6.07, 6.45) is 3.07. The number of carboxylic acid groups (broad SMARTS) is 1. The van der Waals surface area contributed by atoms with Crippen molar-refractivity contribution in [1.29, 1.82) is 0 Å². The molecule has 83 heavy (non-hydrogen) atoms. The van der Waals surface area contributed by atoms with E-state index in [-0.39, 0.29) is 36.5 Å². The molecule has 0 heterocycles. The van der Waals surface area contributed by atoms with Gasteiger partial charge in [-0.2, -0.15) is 5.48 Å². The zero-order chi connectivity index (χ0) is 59.5.